The van der Waals surface area contributed by atoms with Gasteiger partial charge in [-0.1, -0.05) is 37.3 Å². The monoisotopic (exact) mass is 265 g/mol. The maximum absolute atomic E-state index is 6.22. The first-order chi connectivity index (χ1) is 9.65. The zero-order chi connectivity index (χ0) is 14.1. The number of nitrogen functional groups attached to an aromatic ring is 1. The molecule has 3 rings (SSSR count). The van der Waals surface area contributed by atoms with E-state index in [2.05, 4.69) is 55.2 Å². The number of anilines is 1. The lowest BCUT2D eigenvalue weighted by Gasteiger charge is -2.10. The van der Waals surface area contributed by atoms with Crippen LogP contribution in [0.1, 0.15) is 29.7 Å². The molecule has 2 heterocycles. The van der Waals surface area contributed by atoms with E-state index >= 15 is 0 Å². The van der Waals surface area contributed by atoms with Crippen LogP contribution in [0.2, 0.25) is 0 Å². The summed E-state index contributed by atoms with van der Waals surface area (Å²) in [5, 5.41) is 0. The van der Waals surface area contributed by atoms with Gasteiger partial charge in [0, 0.05) is 12.6 Å². The van der Waals surface area contributed by atoms with Crippen molar-refractivity contribution in [3.05, 3.63) is 65.5 Å². The van der Waals surface area contributed by atoms with Gasteiger partial charge in [-0.15, -0.1) is 0 Å². The summed E-state index contributed by atoms with van der Waals surface area (Å²) < 4.78 is 1.96. The molecule has 0 aliphatic rings. The van der Waals surface area contributed by atoms with Gasteiger partial charge in [0.2, 0.25) is 0 Å². The van der Waals surface area contributed by atoms with Gasteiger partial charge >= 0.3 is 0 Å². The number of nitrogens with two attached hydrogens (primary N) is 1. The Morgan fingerprint density at radius 1 is 1.20 bits per heavy atom. The molecule has 2 N–H and O–H groups in total. The van der Waals surface area contributed by atoms with E-state index in [1.807, 2.05) is 16.7 Å². The molecule has 3 nitrogen and oxygen atoms in total. The molecule has 1 aromatic carbocycles. The molecule has 0 spiro atoms. The fraction of sp³-hybridized carbons (Fsp3) is 0.235. The van der Waals surface area contributed by atoms with Crippen LogP contribution in [-0.4, -0.2) is 9.38 Å². The normalized spacial score (nSPS) is 12.7. The molecule has 20 heavy (non-hydrogen) atoms. The first kappa shape index (κ1) is 12.7. The second kappa shape index (κ2) is 5.00. The second-order valence-electron chi connectivity index (χ2n) is 5.39. The van der Waals surface area contributed by atoms with Crippen LogP contribution in [-0.2, 0) is 6.42 Å². The van der Waals surface area contributed by atoms with E-state index in [1.54, 1.807) is 0 Å². The molecule has 1 unspecified atom stereocenters. The lowest BCUT2D eigenvalue weighted by Crippen LogP contribution is -2.02. The number of hydrogen-bond donors (Lipinski definition) is 1. The number of aryl methyl sites for hydroxylation is 1. The summed E-state index contributed by atoms with van der Waals surface area (Å²) in [5.74, 6) is 1.16. The number of nitrogens with zero attached hydrogens (tertiary/aromatic N) is 2. The van der Waals surface area contributed by atoms with Crippen LogP contribution in [0.25, 0.3) is 5.65 Å². The number of benzene rings is 1. The van der Waals surface area contributed by atoms with E-state index in [9.17, 15) is 0 Å². The third-order valence-corrected chi connectivity index (χ3v) is 3.76. The molecule has 1 atom stereocenters. The van der Waals surface area contributed by atoms with Crippen LogP contribution in [0.4, 0.5) is 5.82 Å². The van der Waals surface area contributed by atoms with E-state index in [4.69, 9.17) is 5.73 Å². The molecular weight excluding hydrogens is 246 g/mol. The first-order valence-corrected chi connectivity index (χ1v) is 6.93. The van der Waals surface area contributed by atoms with Crippen LogP contribution in [0.5, 0.6) is 0 Å². The summed E-state index contributed by atoms with van der Waals surface area (Å²) in [7, 11) is 0. The average Bonchev–Trinajstić information content (AvgIpc) is 2.75. The van der Waals surface area contributed by atoms with Crippen molar-refractivity contribution in [2.75, 3.05) is 5.73 Å². The molecular formula is C17H19N3. The largest absolute Gasteiger partial charge is 0.383 e. The molecule has 2 aromatic heterocycles. The standard InChI is InChI=1S/C17H19N3/c1-12-8-9-20-16(10-12)19-15(17(20)18)11-13(2)14-6-4-3-5-7-14/h3-10,13H,11,18H2,1-2H3. The molecule has 0 saturated carbocycles. The Labute approximate surface area is 119 Å². The SMILES string of the molecule is Cc1ccn2c(N)c(CC(C)c3ccccc3)nc2c1. The number of hydrogen-bond acceptors (Lipinski definition) is 2. The Morgan fingerprint density at radius 2 is 1.95 bits per heavy atom. The summed E-state index contributed by atoms with van der Waals surface area (Å²) in [6, 6.07) is 14.6. The van der Waals surface area contributed by atoms with Crippen LogP contribution >= 0.6 is 0 Å². The maximum atomic E-state index is 6.22. The number of pyridine rings is 1. The third-order valence-electron chi connectivity index (χ3n) is 3.76. The Balaban J connectivity index is 1.93. The van der Waals surface area contributed by atoms with Gasteiger partial charge in [-0.05, 0) is 36.1 Å². The fourth-order valence-electron chi connectivity index (χ4n) is 2.55. The van der Waals surface area contributed by atoms with Gasteiger partial charge < -0.3 is 5.73 Å². The van der Waals surface area contributed by atoms with Crippen molar-refractivity contribution in [3.8, 4) is 0 Å². The minimum absolute atomic E-state index is 0.407. The van der Waals surface area contributed by atoms with Gasteiger partial charge in [0.05, 0.1) is 5.69 Å². The maximum Gasteiger partial charge on any atom is 0.138 e. The Morgan fingerprint density at radius 3 is 2.70 bits per heavy atom. The van der Waals surface area contributed by atoms with Crippen molar-refractivity contribution in [1.29, 1.82) is 0 Å². The first-order valence-electron chi connectivity index (χ1n) is 6.93. The Bertz CT molecular complexity index is 729. The number of imidazole rings is 1. The predicted octanol–water partition coefficient (Wildman–Crippen LogP) is 3.57. The van der Waals surface area contributed by atoms with Crippen molar-refractivity contribution in [3.63, 3.8) is 0 Å². The number of aromatic nitrogens is 2. The smallest absolute Gasteiger partial charge is 0.138 e. The Kier molecular flexibility index (Phi) is 3.18. The van der Waals surface area contributed by atoms with Crippen molar-refractivity contribution < 1.29 is 0 Å². The zero-order valence-electron chi connectivity index (χ0n) is 11.9. The van der Waals surface area contributed by atoms with Gasteiger partial charge in [0.15, 0.2) is 0 Å². The van der Waals surface area contributed by atoms with E-state index in [0.717, 1.165) is 23.6 Å². The third kappa shape index (κ3) is 2.27. The van der Waals surface area contributed by atoms with Crippen molar-refractivity contribution >= 4 is 11.5 Å². The lowest BCUT2D eigenvalue weighted by atomic mass is 9.96. The topological polar surface area (TPSA) is 43.3 Å². The molecule has 0 saturated heterocycles. The summed E-state index contributed by atoms with van der Waals surface area (Å²) in [5.41, 5.74) is 10.6. The number of fused-ring (bicyclic) bond motifs is 1. The summed E-state index contributed by atoms with van der Waals surface area (Å²) >= 11 is 0. The van der Waals surface area contributed by atoms with Gasteiger partial charge in [-0.25, -0.2) is 4.98 Å². The second-order valence-corrected chi connectivity index (χ2v) is 5.39. The van der Waals surface area contributed by atoms with Crippen molar-refractivity contribution in [1.82, 2.24) is 9.38 Å². The van der Waals surface area contributed by atoms with Crippen LogP contribution in [0.3, 0.4) is 0 Å². The highest BCUT2D eigenvalue weighted by molar-refractivity contribution is 5.54. The van der Waals surface area contributed by atoms with Gasteiger partial charge in [-0.2, -0.15) is 0 Å². The van der Waals surface area contributed by atoms with E-state index in [0.29, 0.717) is 5.92 Å². The Hall–Kier alpha value is -2.29. The minimum Gasteiger partial charge on any atom is -0.383 e. The molecule has 0 fully saturated rings. The molecule has 0 amide bonds. The van der Waals surface area contributed by atoms with E-state index < -0.39 is 0 Å². The van der Waals surface area contributed by atoms with Crippen molar-refractivity contribution in [2.24, 2.45) is 0 Å². The lowest BCUT2D eigenvalue weighted by molar-refractivity contribution is 0.747. The highest BCUT2D eigenvalue weighted by Gasteiger charge is 2.13. The molecule has 0 aliphatic heterocycles. The zero-order valence-corrected chi connectivity index (χ0v) is 11.9. The molecule has 0 bridgehead atoms. The van der Waals surface area contributed by atoms with Crippen LogP contribution in [0.15, 0.2) is 48.7 Å². The average molecular weight is 265 g/mol. The molecule has 0 aliphatic carbocycles. The highest BCUT2D eigenvalue weighted by atomic mass is 15.1. The summed E-state index contributed by atoms with van der Waals surface area (Å²) in [4.78, 5) is 4.68. The molecule has 0 radical (unpaired) electrons. The van der Waals surface area contributed by atoms with Gasteiger partial charge in [0.1, 0.15) is 11.5 Å². The highest BCUT2D eigenvalue weighted by Crippen LogP contribution is 2.24. The van der Waals surface area contributed by atoms with E-state index in [1.165, 1.54) is 11.1 Å². The van der Waals surface area contributed by atoms with Gasteiger partial charge in [0.25, 0.3) is 0 Å². The van der Waals surface area contributed by atoms with Crippen LogP contribution < -0.4 is 5.73 Å². The molecule has 3 heteroatoms. The van der Waals surface area contributed by atoms with Crippen molar-refractivity contribution in [2.45, 2.75) is 26.2 Å². The summed E-state index contributed by atoms with van der Waals surface area (Å²) in [6.07, 6.45) is 2.85. The molecule has 102 valence electrons. The van der Waals surface area contributed by atoms with Crippen LogP contribution in [0, 0.1) is 6.92 Å². The predicted molar refractivity (Wildman–Crippen MR) is 82.9 cm³/mol. The fourth-order valence-corrected chi connectivity index (χ4v) is 2.55. The van der Waals surface area contributed by atoms with E-state index in [-0.39, 0.29) is 0 Å². The molecule has 3 aromatic rings. The summed E-state index contributed by atoms with van der Waals surface area (Å²) in [6.45, 7) is 4.28. The van der Waals surface area contributed by atoms with Gasteiger partial charge in [-0.3, -0.25) is 4.40 Å². The quantitative estimate of drug-likeness (QED) is 0.786. The number of rotatable bonds is 3. The minimum atomic E-state index is 0.407.